The normalized spacial score (nSPS) is 22.4. The molecule has 0 atom stereocenters. The van der Waals surface area contributed by atoms with E-state index in [-0.39, 0.29) is 37.9 Å². The first-order valence-corrected chi connectivity index (χ1v) is 5.90. The summed E-state index contributed by atoms with van der Waals surface area (Å²) in [6.07, 6.45) is -5.19. The Hall–Kier alpha value is -1.18. The molecule has 0 aliphatic heterocycles. The van der Waals surface area contributed by atoms with Crippen LogP contribution in [0.5, 0.6) is 0 Å². The lowest BCUT2D eigenvalue weighted by atomic mass is 9.70. The van der Waals surface area contributed by atoms with Crippen molar-refractivity contribution in [3.8, 4) is 0 Å². The zero-order chi connectivity index (χ0) is 14.3. The second kappa shape index (κ2) is 4.43. The molecule has 0 saturated heterocycles. The highest BCUT2D eigenvalue weighted by molar-refractivity contribution is 5.23. The summed E-state index contributed by atoms with van der Waals surface area (Å²) in [6, 6.07) is 0.871. The van der Waals surface area contributed by atoms with E-state index in [4.69, 9.17) is 5.73 Å². The van der Waals surface area contributed by atoms with Crippen LogP contribution < -0.4 is 5.73 Å². The quantitative estimate of drug-likeness (QED) is 0.820. The zero-order valence-electron chi connectivity index (χ0n) is 10.0. The number of rotatable bonds is 2. The molecule has 3 nitrogen and oxygen atoms in total. The molecule has 1 heterocycles. The number of hydrogen-bond acceptors (Lipinski definition) is 2. The number of nitrogens with zero attached hydrogens (tertiary/aromatic N) is 1. The third-order valence-electron chi connectivity index (χ3n) is 3.77. The second-order valence-corrected chi connectivity index (χ2v) is 5.01. The third-order valence-corrected chi connectivity index (χ3v) is 3.77. The summed E-state index contributed by atoms with van der Waals surface area (Å²) in [5.41, 5.74) is 3.88. The maximum atomic E-state index is 13.1. The smallest absolute Gasteiger partial charge is 0.330 e. The maximum Gasteiger partial charge on any atom is 0.435 e. The number of nitrogens with one attached hydrogen (secondary N) is 1. The monoisotopic (exact) mass is 283 g/mol. The minimum atomic E-state index is -4.55. The number of aromatic amines is 1. The van der Waals surface area contributed by atoms with Crippen LogP contribution in [0.25, 0.3) is 0 Å². The molecular formula is C11H14F5N3. The van der Waals surface area contributed by atoms with Crippen LogP contribution in [-0.2, 0) is 11.6 Å². The van der Waals surface area contributed by atoms with Crippen molar-refractivity contribution in [1.82, 2.24) is 10.2 Å². The van der Waals surface area contributed by atoms with Crippen molar-refractivity contribution in [1.29, 1.82) is 0 Å². The summed E-state index contributed by atoms with van der Waals surface area (Å²) in [6.45, 7) is 0.0164. The van der Waals surface area contributed by atoms with E-state index >= 15 is 0 Å². The Morgan fingerprint density at radius 2 is 1.79 bits per heavy atom. The van der Waals surface area contributed by atoms with E-state index in [1.54, 1.807) is 0 Å². The Morgan fingerprint density at radius 1 is 1.21 bits per heavy atom. The summed E-state index contributed by atoms with van der Waals surface area (Å²) < 4.78 is 63.8. The fourth-order valence-electron chi connectivity index (χ4n) is 2.42. The molecule has 108 valence electrons. The van der Waals surface area contributed by atoms with Gasteiger partial charge in [0.15, 0.2) is 5.69 Å². The first-order valence-electron chi connectivity index (χ1n) is 5.90. The molecule has 0 aromatic carbocycles. The van der Waals surface area contributed by atoms with Gasteiger partial charge in [-0.1, -0.05) is 0 Å². The van der Waals surface area contributed by atoms with Crippen LogP contribution in [0.15, 0.2) is 6.07 Å². The maximum absolute atomic E-state index is 13.1. The molecule has 1 fully saturated rings. The lowest BCUT2D eigenvalue weighted by Gasteiger charge is -2.38. The Kier molecular flexibility index (Phi) is 3.32. The van der Waals surface area contributed by atoms with Crippen molar-refractivity contribution < 1.29 is 22.0 Å². The van der Waals surface area contributed by atoms with Gasteiger partial charge < -0.3 is 5.73 Å². The number of H-pyrrole nitrogens is 1. The van der Waals surface area contributed by atoms with Crippen molar-refractivity contribution >= 4 is 0 Å². The second-order valence-electron chi connectivity index (χ2n) is 5.01. The molecule has 0 unspecified atom stereocenters. The summed E-state index contributed by atoms with van der Waals surface area (Å²) >= 11 is 0. The Morgan fingerprint density at radius 3 is 2.21 bits per heavy atom. The van der Waals surface area contributed by atoms with Gasteiger partial charge in [-0.25, -0.2) is 8.78 Å². The molecule has 1 aromatic heterocycles. The molecule has 0 bridgehead atoms. The van der Waals surface area contributed by atoms with Crippen molar-refractivity contribution in [2.24, 2.45) is 5.73 Å². The molecular weight excluding hydrogens is 269 g/mol. The van der Waals surface area contributed by atoms with Crippen LogP contribution in [0.4, 0.5) is 22.0 Å². The van der Waals surface area contributed by atoms with Crippen LogP contribution in [0.1, 0.15) is 37.1 Å². The summed E-state index contributed by atoms with van der Waals surface area (Å²) in [4.78, 5) is 0. The predicted molar refractivity (Wildman–Crippen MR) is 57.7 cm³/mol. The highest BCUT2D eigenvalue weighted by Crippen LogP contribution is 2.45. The summed E-state index contributed by atoms with van der Waals surface area (Å²) in [5, 5.41) is 5.51. The number of alkyl halides is 5. The van der Waals surface area contributed by atoms with Crippen molar-refractivity contribution in [2.45, 2.75) is 43.2 Å². The van der Waals surface area contributed by atoms with Crippen molar-refractivity contribution in [3.63, 3.8) is 0 Å². The largest absolute Gasteiger partial charge is 0.435 e. The molecule has 0 radical (unpaired) electrons. The number of halogens is 5. The molecule has 1 aliphatic carbocycles. The van der Waals surface area contributed by atoms with Gasteiger partial charge in [-0.2, -0.15) is 18.3 Å². The highest BCUT2D eigenvalue weighted by atomic mass is 19.4. The predicted octanol–water partition coefficient (Wildman–Crippen LogP) is 2.83. The topological polar surface area (TPSA) is 54.7 Å². The minimum absolute atomic E-state index is 0.0164. The molecule has 1 aromatic rings. The van der Waals surface area contributed by atoms with Gasteiger partial charge in [0.1, 0.15) is 0 Å². The van der Waals surface area contributed by atoms with E-state index in [1.165, 1.54) is 0 Å². The number of hydrogen-bond donors (Lipinski definition) is 2. The standard InChI is InChI=1S/C11H14F5N3/c12-10(13)3-1-9(6-17,2-4-10)7-5-8(19-18-7)11(14,15)16/h5H,1-4,6,17H2,(H,18,19). The van der Waals surface area contributed by atoms with E-state index in [2.05, 4.69) is 10.2 Å². The van der Waals surface area contributed by atoms with Gasteiger partial charge in [0.05, 0.1) is 0 Å². The Bertz CT molecular complexity index is 441. The zero-order valence-corrected chi connectivity index (χ0v) is 10.0. The molecule has 19 heavy (non-hydrogen) atoms. The van der Waals surface area contributed by atoms with E-state index in [1.807, 2.05) is 0 Å². The van der Waals surface area contributed by atoms with E-state index in [9.17, 15) is 22.0 Å². The summed E-state index contributed by atoms with van der Waals surface area (Å²) in [5.74, 6) is -2.76. The van der Waals surface area contributed by atoms with E-state index < -0.39 is 23.2 Å². The van der Waals surface area contributed by atoms with E-state index in [0.717, 1.165) is 6.07 Å². The third kappa shape index (κ3) is 2.72. The minimum Gasteiger partial charge on any atom is -0.330 e. The van der Waals surface area contributed by atoms with Crippen molar-refractivity contribution in [2.75, 3.05) is 6.54 Å². The molecule has 1 aliphatic rings. The van der Waals surface area contributed by atoms with Crippen LogP contribution >= 0.6 is 0 Å². The van der Waals surface area contributed by atoms with Crippen LogP contribution in [0.2, 0.25) is 0 Å². The SMILES string of the molecule is NCC1(c2cc(C(F)(F)F)n[nH]2)CCC(F)(F)CC1. The fraction of sp³-hybridized carbons (Fsp3) is 0.727. The first-order chi connectivity index (χ1) is 8.69. The van der Waals surface area contributed by atoms with Gasteiger partial charge in [0, 0.05) is 30.5 Å². The molecule has 3 N–H and O–H groups in total. The Balaban J connectivity index is 2.26. The van der Waals surface area contributed by atoms with Gasteiger partial charge in [-0.15, -0.1) is 0 Å². The molecule has 0 spiro atoms. The van der Waals surface area contributed by atoms with Gasteiger partial charge in [0.25, 0.3) is 0 Å². The number of aromatic nitrogens is 2. The van der Waals surface area contributed by atoms with Gasteiger partial charge >= 0.3 is 6.18 Å². The van der Waals surface area contributed by atoms with Gasteiger partial charge in [0.2, 0.25) is 5.92 Å². The molecule has 2 rings (SSSR count). The highest BCUT2D eigenvalue weighted by Gasteiger charge is 2.45. The van der Waals surface area contributed by atoms with Crippen molar-refractivity contribution in [3.05, 3.63) is 17.5 Å². The average Bonchev–Trinajstić information content (AvgIpc) is 2.79. The van der Waals surface area contributed by atoms with Crippen LogP contribution in [-0.4, -0.2) is 22.7 Å². The molecule has 1 saturated carbocycles. The molecule has 8 heteroatoms. The average molecular weight is 283 g/mol. The lowest BCUT2D eigenvalue weighted by molar-refractivity contribution is -0.141. The van der Waals surface area contributed by atoms with E-state index in [0.29, 0.717) is 0 Å². The summed E-state index contributed by atoms with van der Waals surface area (Å²) in [7, 11) is 0. The first kappa shape index (κ1) is 14.2. The van der Waals surface area contributed by atoms with Gasteiger partial charge in [-0.05, 0) is 18.9 Å². The van der Waals surface area contributed by atoms with Crippen LogP contribution in [0.3, 0.4) is 0 Å². The van der Waals surface area contributed by atoms with Crippen LogP contribution in [0, 0.1) is 0 Å². The molecule has 0 amide bonds. The van der Waals surface area contributed by atoms with Gasteiger partial charge in [-0.3, -0.25) is 5.10 Å². The number of nitrogens with two attached hydrogens (primary N) is 1. The lowest BCUT2D eigenvalue weighted by Crippen LogP contribution is -2.42. The fourth-order valence-corrected chi connectivity index (χ4v) is 2.42. The Labute approximate surface area is 106 Å².